The van der Waals surface area contributed by atoms with E-state index < -0.39 is 0 Å². The van der Waals surface area contributed by atoms with Gasteiger partial charge in [-0.05, 0) is 43.1 Å². The molecular formula is C13H24N2. The van der Waals surface area contributed by atoms with Gasteiger partial charge in [-0.25, -0.2) is 0 Å². The highest BCUT2D eigenvalue weighted by atomic mass is 15.2. The second kappa shape index (κ2) is 6.67. The highest BCUT2D eigenvalue weighted by Gasteiger charge is 2.17. The lowest BCUT2D eigenvalue weighted by Gasteiger charge is -2.24. The van der Waals surface area contributed by atoms with Crippen molar-refractivity contribution in [1.82, 2.24) is 5.43 Å². The van der Waals surface area contributed by atoms with Gasteiger partial charge in [-0.3, -0.25) is 5.84 Å². The third kappa shape index (κ3) is 3.71. The van der Waals surface area contributed by atoms with Crippen LogP contribution in [0.3, 0.4) is 0 Å². The summed E-state index contributed by atoms with van der Waals surface area (Å²) in [6.45, 7) is 6.23. The van der Waals surface area contributed by atoms with Crippen LogP contribution in [0.5, 0.6) is 0 Å². The van der Waals surface area contributed by atoms with E-state index in [-0.39, 0.29) is 0 Å². The molecule has 15 heavy (non-hydrogen) atoms. The van der Waals surface area contributed by atoms with Gasteiger partial charge < -0.3 is 5.43 Å². The van der Waals surface area contributed by atoms with E-state index in [1.165, 1.54) is 37.7 Å². The molecule has 0 saturated heterocycles. The van der Waals surface area contributed by atoms with Gasteiger partial charge in [0.25, 0.3) is 0 Å². The molecule has 2 nitrogen and oxygen atoms in total. The smallest absolute Gasteiger partial charge is 0.0121 e. The molecule has 2 unspecified atom stereocenters. The molecule has 86 valence electrons. The van der Waals surface area contributed by atoms with Crippen molar-refractivity contribution in [2.75, 3.05) is 0 Å². The molecule has 0 aromatic heterocycles. The van der Waals surface area contributed by atoms with Gasteiger partial charge in [-0.1, -0.05) is 25.8 Å². The normalized spacial score (nSPS) is 30.7. The van der Waals surface area contributed by atoms with Crippen LogP contribution in [-0.4, -0.2) is 0 Å². The van der Waals surface area contributed by atoms with E-state index in [1.807, 2.05) is 6.20 Å². The molecule has 0 radical (unpaired) electrons. The molecule has 0 aliphatic heterocycles. The van der Waals surface area contributed by atoms with E-state index >= 15 is 0 Å². The van der Waals surface area contributed by atoms with Gasteiger partial charge in [0.05, 0.1) is 0 Å². The van der Waals surface area contributed by atoms with E-state index in [0.717, 1.165) is 12.3 Å². The Balaban J connectivity index is 2.62. The van der Waals surface area contributed by atoms with Crippen molar-refractivity contribution in [3.05, 3.63) is 24.4 Å². The Morgan fingerprint density at radius 3 is 2.87 bits per heavy atom. The van der Waals surface area contributed by atoms with Crippen molar-refractivity contribution in [2.45, 2.75) is 45.4 Å². The molecule has 2 heteroatoms. The number of nitrogens with two attached hydrogens (primary N) is 1. The SMILES string of the molecule is C=CC1CCC(CC)CCC/C1=C/NN. The first-order valence-electron chi connectivity index (χ1n) is 6.09. The monoisotopic (exact) mass is 208 g/mol. The molecule has 0 aromatic rings. The fraction of sp³-hybridized carbons (Fsp3) is 0.692. The van der Waals surface area contributed by atoms with Gasteiger partial charge in [0, 0.05) is 6.20 Å². The highest BCUT2D eigenvalue weighted by Crippen LogP contribution is 2.31. The zero-order valence-corrected chi connectivity index (χ0v) is 9.84. The summed E-state index contributed by atoms with van der Waals surface area (Å²) >= 11 is 0. The predicted octanol–water partition coefficient (Wildman–Crippen LogP) is 3.13. The lowest BCUT2D eigenvalue weighted by atomic mass is 9.82. The van der Waals surface area contributed by atoms with Crippen LogP contribution in [0, 0.1) is 11.8 Å². The number of nitrogens with one attached hydrogen (secondary N) is 1. The van der Waals surface area contributed by atoms with Crippen molar-refractivity contribution in [2.24, 2.45) is 17.7 Å². The zero-order chi connectivity index (χ0) is 11.1. The van der Waals surface area contributed by atoms with Gasteiger partial charge in [-0.2, -0.15) is 0 Å². The number of hydrogen-bond acceptors (Lipinski definition) is 2. The fourth-order valence-electron chi connectivity index (χ4n) is 2.49. The summed E-state index contributed by atoms with van der Waals surface area (Å²) in [5.41, 5.74) is 4.08. The van der Waals surface area contributed by atoms with Crippen LogP contribution in [-0.2, 0) is 0 Å². The molecule has 1 rings (SSSR count). The summed E-state index contributed by atoms with van der Waals surface area (Å²) in [6, 6.07) is 0. The van der Waals surface area contributed by atoms with Crippen molar-refractivity contribution in [1.29, 1.82) is 0 Å². The molecule has 0 aromatic carbocycles. The minimum Gasteiger partial charge on any atom is -0.331 e. The number of hydrazine groups is 1. The standard InChI is InChI=1S/C13H24N2/c1-3-11-6-5-7-13(10-15-14)12(4-2)9-8-11/h4,10-12,15H,2-3,5-9,14H2,1H3/b13-10-. The van der Waals surface area contributed by atoms with E-state index in [4.69, 9.17) is 5.84 Å². The molecule has 0 amide bonds. The van der Waals surface area contributed by atoms with Crippen molar-refractivity contribution in [3.63, 3.8) is 0 Å². The molecule has 0 bridgehead atoms. The molecule has 1 aliphatic carbocycles. The fourth-order valence-corrected chi connectivity index (χ4v) is 2.49. The van der Waals surface area contributed by atoms with Crippen LogP contribution in [0.4, 0.5) is 0 Å². The van der Waals surface area contributed by atoms with Crippen molar-refractivity contribution < 1.29 is 0 Å². The predicted molar refractivity (Wildman–Crippen MR) is 66.0 cm³/mol. The van der Waals surface area contributed by atoms with Crippen LogP contribution in [0.1, 0.15) is 45.4 Å². The highest BCUT2D eigenvalue weighted by molar-refractivity contribution is 5.12. The maximum Gasteiger partial charge on any atom is 0.0121 e. The maximum atomic E-state index is 5.36. The van der Waals surface area contributed by atoms with E-state index in [2.05, 4.69) is 25.0 Å². The Hall–Kier alpha value is -0.760. The van der Waals surface area contributed by atoms with Crippen molar-refractivity contribution in [3.8, 4) is 0 Å². The summed E-state index contributed by atoms with van der Waals surface area (Å²) < 4.78 is 0. The Kier molecular flexibility index (Phi) is 5.48. The van der Waals surface area contributed by atoms with Gasteiger partial charge in [0.1, 0.15) is 0 Å². The van der Waals surface area contributed by atoms with Gasteiger partial charge in [0.15, 0.2) is 0 Å². The molecule has 1 saturated carbocycles. The summed E-state index contributed by atoms with van der Waals surface area (Å²) in [4.78, 5) is 0. The van der Waals surface area contributed by atoms with Crippen LogP contribution >= 0.6 is 0 Å². The first-order chi connectivity index (χ1) is 7.31. The van der Waals surface area contributed by atoms with Gasteiger partial charge in [-0.15, -0.1) is 6.58 Å². The summed E-state index contributed by atoms with van der Waals surface area (Å²) in [5, 5.41) is 0. The van der Waals surface area contributed by atoms with E-state index in [9.17, 15) is 0 Å². The molecule has 2 atom stereocenters. The maximum absolute atomic E-state index is 5.36. The third-order valence-electron chi connectivity index (χ3n) is 3.57. The Labute approximate surface area is 93.6 Å². The first-order valence-corrected chi connectivity index (χ1v) is 6.09. The second-order valence-electron chi connectivity index (χ2n) is 4.47. The van der Waals surface area contributed by atoms with E-state index in [1.54, 1.807) is 0 Å². The minimum absolute atomic E-state index is 0.524. The lowest BCUT2D eigenvalue weighted by molar-refractivity contribution is 0.372. The number of hydrogen-bond donors (Lipinski definition) is 2. The zero-order valence-electron chi connectivity index (χ0n) is 9.84. The Bertz CT molecular complexity index is 221. The average molecular weight is 208 g/mol. The molecular weight excluding hydrogens is 184 g/mol. The van der Waals surface area contributed by atoms with Crippen LogP contribution in [0.25, 0.3) is 0 Å². The quantitative estimate of drug-likeness (QED) is 0.425. The molecule has 1 aliphatic rings. The summed E-state index contributed by atoms with van der Waals surface area (Å²) in [5.74, 6) is 6.80. The Morgan fingerprint density at radius 1 is 1.47 bits per heavy atom. The second-order valence-corrected chi connectivity index (χ2v) is 4.47. The molecule has 0 heterocycles. The van der Waals surface area contributed by atoms with Crippen molar-refractivity contribution >= 4 is 0 Å². The van der Waals surface area contributed by atoms with Crippen LogP contribution in [0.2, 0.25) is 0 Å². The van der Waals surface area contributed by atoms with Gasteiger partial charge in [0.2, 0.25) is 0 Å². The lowest BCUT2D eigenvalue weighted by Crippen LogP contribution is -2.18. The van der Waals surface area contributed by atoms with Gasteiger partial charge >= 0.3 is 0 Å². The van der Waals surface area contributed by atoms with E-state index in [0.29, 0.717) is 5.92 Å². The topological polar surface area (TPSA) is 38.0 Å². The number of allylic oxidation sites excluding steroid dienone is 2. The Morgan fingerprint density at radius 2 is 2.27 bits per heavy atom. The third-order valence-corrected chi connectivity index (χ3v) is 3.57. The number of rotatable bonds is 3. The summed E-state index contributed by atoms with van der Waals surface area (Å²) in [6.07, 6.45) is 11.7. The largest absolute Gasteiger partial charge is 0.331 e. The molecule has 3 N–H and O–H groups in total. The van der Waals surface area contributed by atoms with Crippen LogP contribution < -0.4 is 11.3 Å². The van der Waals surface area contributed by atoms with Crippen LogP contribution in [0.15, 0.2) is 24.4 Å². The minimum atomic E-state index is 0.524. The average Bonchev–Trinajstić information content (AvgIpc) is 2.23. The molecule has 1 fully saturated rings. The molecule has 0 spiro atoms. The summed E-state index contributed by atoms with van der Waals surface area (Å²) in [7, 11) is 0. The first kappa shape index (κ1) is 12.3.